The fourth-order valence-electron chi connectivity index (χ4n) is 8.20. The van der Waals surface area contributed by atoms with Crippen molar-refractivity contribution < 1.29 is 19.1 Å². The van der Waals surface area contributed by atoms with Crippen molar-refractivity contribution in [1.82, 2.24) is 4.90 Å². The lowest BCUT2D eigenvalue weighted by Crippen LogP contribution is -2.14. The molecule has 1 heterocycles. The molecule has 0 aromatic rings. The van der Waals surface area contributed by atoms with Crippen molar-refractivity contribution in [1.29, 1.82) is 0 Å². The van der Waals surface area contributed by atoms with Gasteiger partial charge >= 0.3 is 11.9 Å². The summed E-state index contributed by atoms with van der Waals surface area (Å²) in [5.41, 5.74) is 0. The minimum absolute atomic E-state index is 0.0182. The van der Waals surface area contributed by atoms with Gasteiger partial charge < -0.3 is 14.4 Å². The van der Waals surface area contributed by atoms with E-state index in [9.17, 15) is 9.59 Å². The van der Waals surface area contributed by atoms with Crippen LogP contribution in [0.25, 0.3) is 0 Å². The normalized spacial score (nSPS) is 24.5. The van der Waals surface area contributed by atoms with Crippen molar-refractivity contribution in [3.8, 4) is 0 Å². The first-order chi connectivity index (χ1) is 24.9. The lowest BCUT2D eigenvalue weighted by molar-refractivity contribution is -0.145. The molecule has 0 bridgehead atoms. The van der Waals surface area contributed by atoms with Gasteiger partial charge in [0, 0.05) is 12.8 Å². The highest BCUT2D eigenvalue weighted by Crippen LogP contribution is 2.26. The number of nitrogens with zero attached hydrogens (tertiary/aromatic N) is 1. The van der Waals surface area contributed by atoms with Crippen LogP contribution in [-0.4, -0.2) is 50.7 Å². The van der Waals surface area contributed by atoms with E-state index in [-0.39, 0.29) is 11.9 Å². The van der Waals surface area contributed by atoms with Crippen LogP contribution < -0.4 is 0 Å². The molecule has 1 saturated heterocycles. The lowest BCUT2D eigenvalue weighted by atomic mass is 9.90. The second kappa shape index (κ2) is 35.9. The van der Waals surface area contributed by atoms with E-state index in [1.807, 2.05) is 0 Å². The van der Waals surface area contributed by atoms with Gasteiger partial charge in [0.05, 0.1) is 13.2 Å². The van der Waals surface area contributed by atoms with Crippen LogP contribution in [0, 0.1) is 17.8 Å². The Morgan fingerprint density at radius 1 is 0.451 bits per heavy atom. The van der Waals surface area contributed by atoms with Crippen molar-refractivity contribution in [3.63, 3.8) is 0 Å². The van der Waals surface area contributed by atoms with Crippen LogP contribution in [0.15, 0.2) is 0 Å². The largest absolute Gasteiger partial charge is 0.466 e. The highest BCUT2D eigenvalue weighted by Gasteiger charge is 2.13. The fraction of sp³-hybridized carbons (Fsp3) is 0.957. The molecule has 0 amide bonds. The molecule has 0 aromatic carbocycles. The maximum Gasteiger partial charge on any atom is 0.305 e. The molecule has 0 spiro atoms. The Morgan fingerprint density at radius 3 is 1.12 bits per heavy atom. The third-order valence-electron chi connectivity index (χ3n) is 11.7. The van der Waals surface area contributed by atoms with Crippen LogP contribution >= 0.6 is 0 Å². The molecule has 302 valence electrons. The van der Waals surface area contributed by atoms with Gasteiger partial charge in [-0.25, -0.2) is 0 Å². The number of unbranched alkanes of at least 4 members (excludes halogenated alkanes) is 2. The number of ether oxygens (including phenoxy) is 2. The van der Waals surface area contributed by atoms with Crippen LogP contribution in [0.3, 0.4) is 0 Å². The van der Waals surface area contributed by atoms with Gasteiger partial charge in [-0.15, -0.1) is 0 Å². The van der Waals surface area contributed by atoms with Crippen molar-refractivity contribution in [2.45, 2.75) is 232 Å². The summed E-state index contributed by atoms with van der Waals surface area (Å²) >= 11 is 0. The Balaban J connectivity index is 2.56. The van der Waals surface area contributed by atoms with E-state index >= 15 is 0 Å². The van der Waals surface area contributed by atoms with Crippen LogP contribution in [0.1, 0.15) is 232 Å². The highest BCUT2D eigenvalue weighted by molar-refractivity contribution is 5.69. The second-order valence-electron chi connectivity index (χ2n) is 16.9. The van der Waals surface area contributed by atoms with Gasteiger partial charge in [-0.05, 0) is 76.9 Å². The fourth-order valence-corrected chi connectivity index (χ4v) is 8.20. The first-order valence-corrected chi connectivity index (χ1v) is 22.9. The summed E-state index contributed by atoms with van der Waals surface area (Å²) in [5.74, 6) is 2.29. The molecule has 0 aliphatic carbocycles. The van der Waals surface area contributed by atoms with E-state index in [2.05, 4.69) is 32.8 Å². The van der Waals surface area contributed by atoms with Gasteiger partial charge in [0.1, 0.15) is 0 Å². The Hall–Kier alpha value is -1.10. The van der Waals surface area contributed by atoms with Gasteiger partial charge in [0.2, 0.25) is 0 Å². The van der Waals surface area contributed by atoms with E-state index in [0.717, 1.165) is 44.4 Å². The maximum absolute atomic E-state index is 12.4. The van der Waals surface area contributed by atoms with E-state index in [1.165, 1.54) is 173 Å². The van der Waals surface area contributed by atoms with Gasteiger partial charge in [-0.3, -0.25) is 9.59 Å². The summed E-state index contributed by atoms with van der Waals surface area (Å²) in [6.07, 6.45) is 41.6. The van der Waals surface area contributed by atoms with Crippen molar-refractivity contribution >= 4 is 11.9 Å². The molecule has 51 heavy (non-hydrogen) atoms. The van der Waals surface area contributed by atoms with Crippen LogP contribution in [0.5, 0.6) is 0 Å². The number of cyclic esters (lactones) is 2. The highest BCUT2D eigenvalue weighted by atomic mass is 16.5. The zero-order valence-electron chi connectivity index (χ0n) is 35.0. The molecule has 1 aliphatic heterocycles. The van der Waals surface area contributed by atoms with Crippen LogP contribution in [0.2, 0.25) is 0 Å². The number of hydrogen-bond donors (Lipinski definition) is 0. The number of carbonyl (C=O) groups is 2. The van der Waals surface area contributed by atoms with Gasteiger partial charge in [0.15, 0.2) is 0 Å². The van der Waals surface area contributed by atoms with Crippen molar-refractivity contribution in [2.75, 3.05) is 33.9 Å². The molecule has 2 unspecified atom stereocenters. The number of carbonyl (C=O) groups excluding carboxylic acids is 2. The second-order valence-corrected chi connectivity index (χ2v) is 16.9. The lowest BCUT2D eigenvalue weighted by Gasteiger charge is -2.18. The summed E-state index contributed by atoms with van der Waals surface area (Å²) in [7, 11) is 4.39. The number of esters is 2. The zero-order chi connectivity index (χ0) is 37.0. The standard InChI is InChI=1S/C46H89NO4/c1-5-7-28-43-32-23-19-20-24-33-44(29-8-6-2)38-41-51-46(49)36-26-18-14-10-12-16-22-31-42(34-27-39-47(3)4)30-21-15-11-9-13-17-25-35-45(48)50-40-37-43/h42-44H,5-41H2,1-4H3. The van der Waals surface area contributed by atoms with Crippen LogP contribution in [-0.2, 0) is 19.1 Å². The van der Waals surface area contributed by atoms with E-state index in [4.69, 9.17) is 9.47 Å². The Kier molecular flexibility index (Phi) is 33.7. The molecule has 1 rings (SSSR count). The molecule has 2 atom stereocenters. The average molecular weight is 720 g/mol. The van der Waals surface area contributed by atoms with E-state index in [0.29, 0.717) is 37.9 Å². The molecule has 0 saturated carbocycles. The summed E-state index contributed by atoms with van der Waals surface area (Å²) in [5, 5.41) is 0. The van der Waals surface area contributed by atoms with Gasteiger partial charge in [-0.1, -0.05) is 181 Å². The molecular formula is C46H89NO4. The van der Waals surface area contributed by atoms with Crippen molar-refractivity contribution in [3.05, 3.63) is 0 Å². The summed E-state index contributed by atoms with van der Waals surface area (Å²) < 4.78 is 11.4. The smallest absolute Gasteiger partial charge is 0.305 e. The Bertz CT molecular complexity index is 714. The average Bonchev–Trinajstić information content (AvgIpc) is 3.11. The molecule has 1 fully saturated rings. The van der Waals surface area contributed by atoms with Gasteiger partial charge in [-0.2, -0.15) is 0 Å². The first-order valence-electron chi connectivity index (χ1n) is 22.9. The predicted octanol–water partition coefficient (Wildman–Crippen LogP) is 13.8. The predicted molar refractivity (Wildman–Crippen MR) is 219 cm³/mol. The molecular weight excluding hydrogens is 631 g/mol. The summed E-state index contributed by atoms with van der Waals surface area (Å²) in [4.78, 5) is 27.2. The monoisotopic (exact) mass is 720 g/mol. The summed E-state index contributed by atoms with van der Waals surface area (Å²) in [6.45, 7) is 6.97. The zero-order valence-corrected chi connectivity index (χ0v) is 35.0. The third-order valence-corrected chi connectivity index (χ3v) is 11.7. The van der Waals surface area contributed by atoms with Crippen LogP contribution in [0.4, 0.5) is 0 Å². The first kappa shape index (κ1) is 47.9. The maximum atomic E-state index is 12.4. The summed E-state index contributed by atoms with van der Waals surface area (Å²) in [6, 6.07) is 0. The Morgan fingerprint density at radius 2 is 0.765 bits per heavy atom. The minimum atomic E-state index is 0.0182. The van der Waals surface area contributed by atoms with Crippen molar-refractivity contribution in [2.24, 2.45) is 17.8 Å². The topological polar surface area (TPSA) is 55.8 Å². The molecule has 0 N–H and O–H groups in total. The van der Waals surface area contributed by atoms with Gasteiger partial charge in [0.25, 0.3) is 0 Å². The van der Waals surface area contributed by atoms with E-state index < -0.39 is 0 Å². The molecule has 5 heteroatoms. The number of hydrogen-bond acceptors (Lipinski definition) is 5. The number of rotatable bonds is 10. The SMILES string of the molecule is CCCCC1CCCCCCC(CCCC)CCOC(=O)CCCCCCCCCC(CCCN(C)C)CCCCCCCCCC(=O)OCC1. The molecule has 1 aliphatic rings. The molecule has 0 aromatic heterocycles. The quantitative estimate of drug-likeness (QED) is 0.210. The molecule has 0 radical (unpaired) electrons. The van der Waals surface area contributed by atoms with E-state index in [1.54, 1.807) is 0 Å². The Labute approximate surface area is 318 Å². The minimum Gasteiger partial charge on any atom is -0.466 e. The molecule has 5 nitrogen and oxygen atoms in total. The third kappa shape index (κ3) is 32.1.